The Morgan fingerprint density at radius 1 is 1.21 bits per heavy atom. The van der Waals surface area contributed by atoms with Crippen LogP contribution >= 0.6 is 0 Å². The lowest BCUT2D eigenvalue weighted by Crippen LogP contribution is -2.51. The van der Waals surface area contributed by atoms with Crippen molar-refractivity contribution in [2.45, 2.75) is 38.3 Å². The maximum Gasteiger partial charge on any atom is 0.336 e. The van der Waals surface area contributed by atoms with Gasteiger partial charge < -0.3 is 14.6 Å². The Morgan fingerprint density at radius 3 is 2.68 bits per heavy atom. The molecule has 176 valence electrons. The number of aromatic carboxylic acids is 1. The lowest BCUT2D eigenvalue weighted by atomic mass is 9.99. The molecule has 0 amide bonds. The molecule has 1 unspecified atom stereocenters. The minimum Gasteiger partial charge on any atom is -0.483 e. The van der Waals surface area contributed by atoms with Crippen LogP contribution in [0.3, 0.4) is 0 Å². The normalized spacial score (nSPS) is 17.1. The van der Waals surface area contributed by atoms with E-state index in [1.54, 1.807) is 6.08 Å². The smallest absolute Gasteiger partial charge is 0.336 e. The number of rotatable bonds is 9. The number of tetrazole rings is 1. The van der Waals surface area contributed by atoms with Gasteiger partial charge in [0.25, 0.3) is 5.72 Å². The molecule has 1 atom stereocenters. The third-order valence-corrected chi connectivity index (χ3v) is 5.52. The number of carbonyl (C=O) groups excluding carboxylic acids is 1. The third-order valence-electron chi connectivity index (χ3n) is 5.52. The van der Waals surface area contributed by atoms with Crippen molar-refractivity contribution in [2.75, 3.05) is 6.61 Å². The molecule has 4 N–H and O–H groups in total. The Morgan fingerprint density at radius 2 is 2.00 bits per heavy atom. The minimum absolute atomic E-state index is 0.00634. The van der Waals surface area contributed by atoms with E-state index in [4.69, 9.17) is 15.2 Å². The minimum atomic E-state index is -1.65. The summed E-state index contributed by atoms with van der Waals surface area (Å²) >= 11 is 0. The molecule has 0 saturated carbocycles. The molecule has 10 nitrogen and oxygen atoms in total. The number of ether oxygens (including phenoxy) is 2. The molecule has 0 radical (unpaired) electrons. The summed E-state index contributed by atoms with van der Waals surface area (Å²) in [6, 6.07) is 10.6. The zero-order valence-corrected chi connectivity index (χ0v) is 18.7. The number of hydrogen-bond donors (Lipinski definition) is 3. The lowest BCUT2D eigenvalue weighted by molar-refractivity contribution is -0.0155. The number of nitrogens with zero attached hydrogens (tertiary/aromatic N) is 3. The molecule has 1 aromatic heterocycles. The van der Waals surface area contributed by atoms with Gasteiger partial charge in [-0.25, -0.2) is 4.79 Å². The molecule has 4 rings (SSSR count). The van der Waals surface area contributed by atoms with Crippen LogP contribution in [0, 0.1) is 0 Å². The fraction of sp³-hybridized carbons (Fsp3) is 0.292. The van der Waals surface area contributed by atoms with E-state index in [0.717, 1.165) is 18.4 Å². The first kappa shape index (κ1) is 23.1. The van der Waals surface area contributed by atoms with Crippen LogP contribution in [0.4, 0.5) is 0 Å². The summed E-state index contributed by atoms with van der Waals surface area (Å²) in [5, 5.41) is 23.1. The molecule has 0 aliphatic carbocycles. The number of fused-ring (bicyclic) bond motifs is 1. The molecule has 34 heavy (non-hydrogen) atoms. The van der Waals surface area contributed by atoms with Crippen molar-refractivity contribution in [3.05, 3.63) is 70.6 Å². The second-order valence-corrected chi connectivity index (χ2v) is 8.03. The summed E-state index contributed by atoms with van der Waals surface area (Å²) in [4.78, 5) is 25.1. The van der Waals surface area contributed by atoms with Crippen molar-refractivity contribution in [1.82, 2.24) is 20.6 Å². The van der Waals surface area contributed by atoms with E-state index in [9.17, 15) is 14.7 Å². The molecular formula is C24H25N5O5. The number of aryl methyl sites for hydroxylation is 1. The van der Waals surface area contributed by atoms with Gasteiger partial charge in [0.05, 0.1) is 11.1 Å². The predicted octanol–water partition coefficient (Wildman–Crippen LogP) is 3.11. The van der Waals surface area contributed by atoms with Gasteiger partial charge >= 0.3 is 5.97 Å². The zero-order chi connectivity index (χ0) is 24.1. The van der Waals surface area contributed by atoms with Crippen molar-refractivity contribution >= 4 is 17.8 Å². The van der Waals surface area contributed by atoms with Crippen LogP contribution in [0.15, 0.2) is 42.5 Å². The van der Waals surface area contributed by atoms with E-state index < -0.39 is 17.5 Å². The summed E-state index contributed by atoms with van der Waals surface area (Å²) < 4.78 is 11.5. The monoisotopic (exact) mass is 463 g/mol. The highest BCUT2D eigenvalue weighted by Gasteiger charge is 2.42. The summed E-state index contributed by atoms with van der Waals surface area (Å²) in [6.45, 7) is 2.01. The first-order valence-corrected chi connectivity index (χ1v) is 11.0. The number of benzene rings is 2. The van der Waals surface area contributed by atoms with Crippen LogP contribution in [-0.4, -0.2) is 44.1 Å². The second kappa shape index (κ2) is 9.84. The quantitative estimate of drug-likeness (QED) is 0.247. The Hall–Kier alpha value is -4.05. The Kier molecular flexibility index (Phi) is 6.69. The zero-order valence-electron chi connectivity index (χ0n) is 18.7. The number of carbonyl (C=O) groups is 2. The third kappa shape index (κ3) is 4.81. The summed E-state index contributed by atoms with van der Waals surface area (Å²) in [5.41, 5.74) is 6.23. The number of aromatic nitrogens is 4. The Labute approximate surface area is 195 Å². The van der Waals surface area contributed by atoms with Crippen molar-refractivity contribution in [3.8, 4) is 11.5 Å². The SMILES string of the molecule is CCCCCc1ccc(C=CC(=O)c2c(C(=O)O)ccc3c2OC(N)(c2nn[nH]n2)CO3)cc1. The molecule has 1 aliphatic rings. The second-order valence-electron chi connectivity index (χ2n) is 8.03. The van der Waals surface area contributed by atoms with Gasteiger partial charge in [-0.05, 0) is 47.4 Å². The molecule has 10 heteroatoms. The number of unbranched alkanes of at least 4 members (excludes halogenated alkanes) is 2. The van der Waals surface area contributed by atoms with Crippen molar-refractivity contribution in [1.29, 1.82) is 0 Å². The highest BCUT2D eigenvalue weighted by Crippen LogP contribution is 2.41. The number of ketones is 1. The van der Waals surface area contributed by atoms with Crippen molar-refractivity contribution in [3.63, 3.8) is 0 Å². The number of aromatic amines is 1. The fourth-order valence-corrected chi connectivity index (χ4v) is 3.68. The molecule has 3 aromatic rings. The Balaban J connectivity index is 1.62. The predicted molar refractivity (Wildman–Crippen MR) is 123 cm³/mol. The van der Waals surface area contributed by atoms with Gasteiger partial charge in [-0.1, -0.05) is 50.1 Å². The largest absolute Gasteiger partial charge is 0.483 e. The highest BCUT2D eigenvalue weighted by atomic mass is 16.6. The summed E-state index contributed by atoms with van der Waals surface area (Å²) in [7, 11) is 0. The number of carboxylic acid groups (broad SMARTS) is 1. The van der Waals surface area contributed by atoms with Gasteiger partial charge in [0.1, 0.15) is 6.61 Å². The van der Waals surface area contributed by atoms with Gasteiger partial charge in [0.15, 0.2) is 17.3 Å². The number of nitrogens with two attached hydrogens (primary N) is 1. The first-order valence-electron chi connectivity index (χ1n) is 11.0. The Bertz CT molecular complexity index is 1210. The molecular weight excluding hydrogens is 438 g/mol. The maximum atomic E-state index is 13.2. The topological polar surface area (TPSA) is 153 Å². The molecule has 0 saturated heterocycles. The number of H-pyrrole nitrogens is 1. The number of hydrogen-bond acceptors (Lipinski definition) is 8. The van der Waals surface area contributed by atoms with E-state index in [0.29, 0.717) is 0 Å². The maximum absolute atomic E-state index is 13.2. The average molecular weight is 463 g/mol. The van der Waals surface area contributed by atoms with Gasteiger partial charge in [0, 0.05) is 0 Å². The van der Waals surface area contributed by atoms with E-state index in [1.807, 2.05) is 24.3 Å². The lowest BCUT2D eigenvalue weighted by Gasteiger charge is -2.33. The molecule has 0 fully saturated rings. The van der Waals surface area contributed by atoms with E-state index in [2.05, 4.69) is 27.5 Å². The number of nitrogens with one attached hydrogen (secondary N) is 1. The number of allylic oxidation sites excluding steroid dienone is 1. The van der Waals surface area contributed by atoms with Crippen LogP contribution in [0.25, 0.3) is 6.08 Å². The molecule has 0 spiro atoms. The highest BCUT2D eigenvalue weighted by molar-refractivity contribution is 6.14. The van der Waals surface area contributed by atoms with E-state index in [1.165, 1.54) is 36.6 Å². The van der Waals surface area contributed by atoms with Crippen LogP contribution in [0.5, 0.6) is 11.5 Å². The molecule has 1 aliphatic heterocycles. The number of carboxylic acids is 1. The fourth-order valence-electron chi connectivity index (χ4n) is 3.68. The van der Waals surface area contributed by atoms with Gasteiger partial charge in [0.2, 0.25) is 5.82 Å². The molecule has 0 bridgehead atoms. The average Bonchev–Trinajstić information content (AvgIpc) is 3.39. The van der Waals surface area contributed by atoms with Gasteiger partial charge in [-0.3, -0.25) is 10.5 Å². The van der Waals surface area contributed by atoms with E-state index in [-0.39, 0.29) is 35.1 Å². The van der Waals surface area contributed by atoms with Crippen LogP contribution < -0.4 is 15.2 Å². The van der Waals surface area contributed by atoms with Crippen LogP contribution in [-0.2, 0) is 12.1 Å². The van der Waals surface area contributed by atoms with Crippen molar-refractivity contribution in [2.24, 2.45) is 5.73 Å². The van der Waals surface area contributed by atoms with Gasteiger partial charge in [-0.2, -0.15) is 5.21 Å². The molecule has 2 aromatic carbocycles. The first-order chi connectivity index (χ1) is 16.4. The van der Waals surface area contributed by atoms with Crippen molar-refractivity contribution < 1.29 is 24.2 Å². The standard InChI is InChI=1S/C24H25N5O5/c1-2-3-4-5-15-6-8-16(9-7-15)10-12-18(30)20-17(22(31)32)11-13-19-21(20)34-24(25,14-33-19)23-26-28-29-27-23/h6-13H,2-5,14,25H2,1H3,(H,31,32)(H,26,27,28,29). The van der Waals surface area contributed by atoms with E-state index >= 15 is 0 Å². The summed E-state index contributed by atoms with van der Waals surface area (Å²) in [5.74, 6) is -1.73. The van der Waals surface area contributed by atoms with Crippen LogP contribution in [0.2, 0.25) is 0 Å². The summed E-state index contributed by atoms with van der Waals surface area (Å²) in [6.07, 6.45) is 7.43. The van der Waals surface area contributed by atoms with Gasteiger partial charge in [-0.15, -0.1) is 10.2 Å². The molecule has 2 heterocycles. The van der Waals surface area contributed by atoms with Crippen LogP contribution in [0.1, 0.15) is 63.9 Å².